The highest BCUT2D eigenvalue weighted by molar-refractivity contribution is 6.30. The lowest BCUT2D eigenvalue weighted by Gasteiger charge is -1.93. The Bertz CT molecular complexity index is 244. The second-order valence-electron chi connectivity index (χ2n) is 2.11. The molecule has 3 nitrogen and oxygen atoms in total. The Hall–Kier alpha value is -0.540. The molecule has 0 radical (unpaired) electrons. The molecule has 0 fully saturated rings. The van der Waals surface area contributed by atoms with E-state index in [1.165, 1.54) is 0 Å². The molecule has 4 heteroatoms. The first-order valence-electron chi connectivity index (χ1n) is 2.95. The topological polar surface area (TPSA) is 38.1 Å². The lowest BCUT2D eigenvalue weighted by molar-refractivity contribution is 0.277. The number of nitrogens with zero attached hydrogens (tertiary/aromatic N) is 2. The molecule has 1 rings (SSSR count). The molecule has 0 aliphatic carbocycles. The van der Waals surface area contributed by atoms with Crippen LogP contribution in [0.1, 0.15) is 11.5 Å². The van der Waals surface area contributed by atoms with E-state index in [1.54, 1.807) is 4.57 Å². The van der Waals surface area contributed by atoms with E-state index in [1.807, 2.05) is 14.0 Å². The van der Waals surface area contributed by atoms with E-state index in [0.717, 1.165) is 5.82 Å². The van der Waals surface area contributed by atoms with Crippen molar-refractivity contribution in [2.45, 2.75) is 13.5 Å². The van der Waals surface area contributed by atoms with E-state index in [0.29, 0.717) is 10.8 Å². The molecule has 1 heterocycles. The van der Waals surface area contributed by atoms with Gasteiger partial charge in [0.1, 0.15) is 16.7 Å². The van der Waals surface area contributed by atoms with E-state index in [-0.39, 0.29) is 6.61 Å². The van der Waals surface area contributed by atoms with E-state index >= 15 is 0 Å². The van der Waals surface area contributed by atoms with Crippen molar-refractivity contribution >= 4 is 11.6 Å². The number of aliphatic hydroxyl groups excluding tert-OH is 1. The van der Waals surface area contributed by atoms with E-state index in [4.69, 9.17) is 16.7 Å². The zero-order valence-corrected chi connectivity index (χ0v) is 6.68. The average molecular weight is 161 g/mol. The Morgan fingerprint density at radius 1 is 1.70 bits per heavy atom. The summed E-state index contributed by atoms with van der Waals surface area (Å²) in [4.78, 5) is 4.01. The Kier molecular flexibility index (Phi) is 1.97. The maximum atomic E-state index is 8.70. The van der Waals surface area contributed by atoms with Crippen LogP contribution in [0.2, 0.25) is 5.15 Å². The molecule has 0 bridgehead atoms. The Morgan fingerprint density at radius 2 is 2.30 bits per heavy atom. The SMILES string of the molecule is Cc1nc(CO)c(Cl)n1C. The summed E-state index contributed by atoms with van der Waals surface area (Å²) in [5.74, 6) is 0.814. The molecule has 0 aromatic carbocycles. The number of aryl methyl sites for hydroxylation is 1. The van der Waals surface area contributed by atoms with Crippen LogP contribution in [0.5, 0.6) is 0 Å². The summed E-state index contributed by atoms with van der Waals surface area (Å²) in [6, 6.07) is 0. The molecule has 0 saturated heterocycles. The fourth-order valence-corrected chi connectivity index (χ4v) is 0.977. The number of aliphatic hydroxyl groups is 1. The van der Waals surface area contributed by atoms with Gasteiger partial charge in [0.15, 0.2) is 0 Å². The van der Waals surface area contributed by atoms with Crippen molar-refractivity contribution < 1.29 is 5.11 Å². The van der Waals surface area contributed by atoms with Gasteiger partial charge in [-0.05, 0) is 6.92 Å². The van der Waals surface area contributed by atoms with Gasteiger partial charge >= 0.3 is 0 Å². The number of imidazole rings is 1. The summed E-state index contributed by atoms with van der Waals surface area (Å²) in [6.07, 6.45) is 0. The zero-order valence-electron chi connectivity index (χ0n) is 5.93. The van der Waals surface area contributed by atoms with Crippen LogP contribution in [0.25, 0.3) is 0 Å². The molecule has 1 N–H and O–H groups in total. The molecule has 0 saturated carbocycles. The summed E-state index contributed by atoms with van der Waals surface area (Å²) in [5.41, 5.74) is 0.543. The van der Waals surface area contributed by atoms with Gasteiger partial charge in [-0.3, -0.25) is 0 Å². The van der Waals surface area contributed by atoms with E-state index < -0.39 is 0 Å². The molecule has 0 aliphatic rings. The van der Waals surface area contributed by atoms with E-state index in [2.05, 4.69) is 4.98 Å². The summed E-state index contributed by atoms with van der Waals surface area (Å²) < 4.78 is 1.73. The molecule has 0 unspecified atom stereocenters. The third-order valence-corrected chi connectivity index (χ3v) is 1.94. The van der Waals surface area contributed by atoms with Crippen molar-refractivity contribution in [3.63, 3.8) is 0 Å². The van der Waals surface area contributed by atoms with Crippen LogP contribution in [-0.4, -0.2) is 14.7 Å². The summed E-state index contributed by atoms with van der Waals surface area (Å²) in [6.45, 7) is 1.74. The first-order valence-corrected chi connectivity index (χ1v) is 3.33. The van der Waals surface area contributed by atoms with Crippen molar-refractivity contribution in [1.29, 1.82) is 0 Å². The van der Waals surface area contributed by atoms with Gasteiger partial charge < -0.3 is 9.67 Å². The van der Waals surface area contributed by atoms with Gasteiger partial charge in [-0.2, -0.15) is 0 Å². The van der Waals surface area contributed by atoms with Crippen LogP contribution in [-0.2, 0) is 13.7 Å². The van der Waals surface area contributed by atoms with Crippen LogP contribution in [0.3, 0.4) is 0 Å². The van der Waals surface area contributed by atoms with Gasteiger partial charge in [0.05, 0.1) is 6.61 Å². The largest absolute Gasteiger partial charge is 0.390 e. The maximum Gasteiger partial charge on any atom is 0.134 e. The lowest BCUT2D eigenvalue weighted by Crippen LogP contribution is -1.90. The molecular weight excluding hydrogens is 152 g/mol. The van der Waals surface area contributed by atoms with Gasteiger partial charge in [-0.25, -0.2) is 4.98 Å². The van der Waals surface area contributed by atoms with Crippen molar-refractivity contribution in [2.24, 2.45) is 7.05 Å². The summed E-state index contributed by atoms with van der Waals surface area (Å²) in [5, 5.41) is 9.21. The number of halogens is 1. The molecule has 56 valence electrons. The fourth-order valence-electron chi connectivity index (χ4n) is 0.753. The summed E-state index contributed by atoms with van der Waals surface area (Å²) in [7, 11) is 1.81. The molecule has 0 amide bonds. The van der Waals surface area contributed by atoms with Crippen molar-refractivity contribution in [3.8, 4) is 0 Å². The predicted molar refractivity (Wildman–Crippen MR) is 38.9 cm³/mol. The minimum atomic E-state index is -0.0967. The van der Waals surface area contributed by atoms with Crippen molar-refractivity contribution in [2.75, 3.05) is 0 Å². The second-order valence-corrected chi connectivity index (χ2v) is 2.47. The van der Waals surface area contributed by atoms with Gasteiger partial charge in [0.2, 0.25) is 0 Å². The number of aromatic nitrogens is 2. The molecular formula is C6H9ClN2O. The molecule has 1 aromatic heterocycles. The third kappa shape index (κ3) is 1.02. The minimum absolute atomic E-state index is 0.0967. The van der Waals surface area contributed by atoms with Crippen LogP contribution in [0.15, 0.2) is 0 Å². The molecule has 0 atom stereocenters. The predicted octanol–water partition coefficient (Wildman–Crippen LogP) is 0.874. The van der Waals surface area contributed by atoms with Crippen LogP contribution < -0.4 is 0 Å². The molecule has 0 aliphatic heterocycles. The number of rotatable bonds is 1. The van der Waals surface area contributed by atoms with E-state index in [9.17, 15) is 0 Å². The molecule has 0 spiro atoms. The summed E-state index contributed by atoms with van der Waals surface area (Å²) >= 11 is 5.75. The van der Waals surface area contributed by atoms with Gasteiger partial charge in [0, 0.05) is 7.05 Å². The van der Waals surface area contributed by atoms with Gasteiger partial charge in [-0.1, -0.05) is 11.6 Å². The molecule has 1 aromatic rings. The van der Waals surface area contributed by atoms with Crippen molar-refractivity contribution in [3.05, 3.63) is 16.7 Å². The van der Waals surface area contributed by atoms with Crippen LogP contribution in [0.4, 0.5) is 0 Å². The first kappa shape index (κ1) is 7.57. The number of hydrogen-bond donors (Lipinski definition) is 1. The van der Waals surface area contributed by atoms with Crippen LogP contribution in [0, 0.1) is 6.92 Å². The molecule has 10 heavy (non-hydrogen) atoms. The highest BCUT2D eigenvalue weighted by Gasteiger charge is 2.07. The Labute approximate surface area is 64.3 Å². The third-order valence-electron chi connectivity index (χ3n) is 1.46. The van der Waals surface area contributed by atoms with Crippen molar-refractivity contribution in [1.82, 2.24) is 9.55 Å². The second kappa shape index (κ2) is 2.60. The average Bonchev–Trinajstić information content (AvgIpc) is 2.17. The van der Waals surface area contributed by atoms with Gasteiger partial charge in [0.25, 0.3) is 0 Å². The minimum Gasteiger partial charge on any atom is -0.390 e. The Morgan fingerprint density at radius 3 is 2.50 bits per heavy atom. The quantitative estimate of drug-likeness (QED) is 0.662. The normalized spacial score (nSPS) is 10.4. The fraction of sp³-hybridized carbons (Fsp3) is 0.500. The highest BCUT2D eigenvalue weighted by atomic mass is 35.5. The smallest absolute Gasteiger partial charge is 0.134 e. The standard InChI is InChI=1S/C6H9ClN2O/c1-4-8-5(3-10)6(7)9(4)2/h10H,3H2,1-2H3. The number of hydrogen-bond acceptors (Lipinski definition) is 2. The highest BCUT2D eigenvalue weighted by Crippen LogP contribution is 2.15. The zero-order chi connectivity index (χ0) is 7.72. The Balaban J connectivity index is 3.17. The van der Waals surface area contributed by atoms with Crippen LogP contribution >= 0.6 is 11.6 Å². The van der Waals surface area contributed by atoms with Gasteiger partial charge in [-0.15, -0.1) is 0 Å². The first-order chi connectivity index (χ1) is 4.66. The maximum absolute atomic E-state index is 8.70. The lowest BCUT2D eigenvalue weighted by atomic mass is 10.5. The monoisotopic (exact) mass is 160 g/mol.